The van der Waals surface area contributed by atoms with Crippen LogP contribution in [0, 0.1) is 6.92 Å². The highest BCUT2D eigenvalue weighted by molar-refractivity contribution is 5.83. The largest absolute Gasteiger partial charge is 0.493 e. The Hall–Kier alpha value is -6.08. The van der Waals surface area contributed by atoms with Gasteiger partial charge in [-0.05, 0) is 95.4 Å². The number of hydrogen-bond donors (Lipinski definition) is 0. The molecule has 0 unspecified atom stereocenters. The lowest BCUT2D eigenvalue weighted by molar-refractivity contribution is -0.138. The van der Waals surface area contributed by atoms with Crippen molar-refractivity contribution in [1.82, 2.24) is 0 Å². The van der Waals surface area contributed by atoms with E-state index in [1.165, 1.54) is 16.7 Å². The molecule has 5 rings (SSSR count). The molecule has 254 valence electrons. The fourth-order valence-corrected chi connectivity index (χ4v) is 5.32. The maximum Gasteiger partial charge on any atom is 0.330 e. The first-order valence-corrected chi connectivity index (χ1v) is 16.6. The molecule has 0 bridgehead atoms. The summed E-state index contributed by atoms with van der Waals surface area (Å²) in [6.45, 7) is 10.3. The molecule has 0 N–H and O–H groups in total. The van der Waals surface area contributed by atoms with Gasteiger partial charge in [0.05, 0.1) is 26.4 Å². The van der Waals surface area contributed by atoms with E-state index < -0.39 is 11.9 Å². The van der Waals surface area contributed by atoms with E-state index in [2.05, 4.69) is 91.7 Å². The van der Waals surface area contributed by atoms with E-state index in [-0.39, 0.29) is 13.2 Å². The van der Waals surface area contributed by atoms with E-state index in [0.717, 1.165) is 51.8 Å². The second-order valence-electron chi connectivity index (χ2n) is 11.4. The monoisotopic (exact) mass is 667 g/mol. The van der Waals surface area contributed by atoms with Crippen LogP contribution < -0.4 is 14.4 Å². The van der Waals surface area contributed by atoms with Crippen LogP contribution in [0.1, 0.15) is 18.4 Å². The van der Waals surface area contributed by atoms with E-state index in [1.54, 1.807) is 0 Å². The molecule has 0 spiro atoms. The molecule has 0 aromatic heterocycles. The van der Waals surface area contributed by atoms with Crippen molar-refractivity contribution in [3.05, 3.63) is 152 Å². The van der Waals surface area contributed by atoms with Crippen LogP contribution >= 0.6 is 0 Å². The Morgan fingerprint density at radius 1 is 0.560 bits per heavy atom. The Kier molecular flexibility index (Phi) is 12.6. The Labute approximate surface area is 294 Å². The summed E-state index contributed by atoms with van der Waals surface area (Å²) in [5.74, 6) is 0.553. The van der Waals surface area contributed by atoms with Crippen molar-refractivity contribution in [1.29, 1.82) is 0 Å². The number of ether oxygens (including phenoxy) is 4. The van der Waals surface area contributed by atoms with Crippen LogP contribution in [0.4, 0.5) is 17.1 Å². The minimum atomic E-state index is -0.441. The predicted molar refractivity (Wildman–Crippen MR) is 199 cm³/mol. The van der Waals surface area contributed by atoms with E-state index in [9.17, 15) is 9.59 Å². The van der Waals surface area contributed by atoms with Gasteiger partial charge in [0.15, 0.2) is 0 Å². The lowest BCUT2D eigenvalue weighted by Gasteiger charge is -2.27. The zero-order valence-electron chi connectivity index (χ0n) is 28.3. The zero-order chi connectivity index (χ0) is 35.1. The van der Waals surface area contributed by atoms with Crippen LogP contribution in [-0.4, -0.2) is 38.4 Å². The maximum atomic E-state index is 11.3. The molecular weight excluding hydrogens is 626 g/mol. The number of carbonyl (C=O) groups excluding carboxylic acids is 2. The highest BCUT2D eigenvalue weighted by atomic mass is 16.5. The molecule has 5 aromatic carbocycles. The number of rotatable bonds is 17. The first-order valence-electron chi connectivity index (χ1n) is 16.6. The van der Waals surface area contributed by atoms with Gasteiger partial charge in [0, 0.05) is 42.1 Å². The number of benzene rings is 5. The number of carbonyl (C=O) groups is 2. The Morgan fingerprint density at radius 3 is 1.52 bits per heavy atom. The molecule has 0 heterocycles. The molecule has 0 saturated heterocycles. The minimum absolute atomic E-state index is 0.268. The van der Waals surface area contributed by atoms with E-state index in [1.807, 2.05) is 54.6 Å². The zero-order valence-corrected chi connectivity index (χ0v) is 28.3. The molecular formula is C43H41NO6. The number of anilines is 3. The van der Waals surface area contributed by atoms with Gasteiger partial charge in [0.25, 0.3) is 0 Å². The molecule has 50 heavy (non-hydrogen) atoms. The smallest absolute Gasteiger partial charge is 0.330 e. The highest BCUT2D eigenvalue weighted by Gasteiger charge is 2.15. The summed E-state index contributed by atoms with van der Waals surface area (Å²) in [6.07, 6.45) is 3.44. The van der Waals surface area contributed by atoms with Crippen molar-refractivity contribution >= 4 is 29.0 Å². The third-order valence-electron chi connectivity index (χ3n) is 7.91. The summed E-state index contributed by atoms with van der Waals surface area (Å²) in [6, 6.07) is 41.4. The summed E-state index contributed by atoms with van der Waals surface area (Å²) in [4.78, 5) is 24.7. The van der Waals surface area contributed by atoms with Gasteiger partial charge in [-0.2, -0.15) is 0 Å². The lowest BCUT2D eigenvalue weighted by atomic mass is 9.96. The van der Waals surface area contributed by atoms with Crippen LogP contribution in [0.25, 0.3) is 22.3 Å². The van der Waals surface area contributed by atoms with Crippen molar-refractivity contribution in [2.75, 3.05) is 31.3 Å². The highest BCUT2D eigenvalue weighted by Crippen LogP contribution is 2.39. The third-order valence-corrected chi connectivity index (χ3v) is 7.91. The fourth-order valence-electron chi connectivity index (χ4n) is 5.32. The first-order chi connectivity index (χ1) is 24.4. The molecule has 0 aliphatic carbocycles. The standard InChI is InChI=1S/C43H41NO6/c1-4-42(45)49-29-9-27-47-39-23-19-36(20-24-39)44(37-21-25-40(26-22-37)48-28-10-30-50-43(46)5-2)38-18-13-32(3)41(31-38)35-16-14-34(15-17-35)33-11-7-6-8-12-33/h4-8,11-26,31H,1-2,9-10,27-30H2,3H3. The third kappa shape index (κ3) is 9.73. The average Bonchev–Trinajstić information content (AvgIpc) is 3.16. The summed E-state index contributed by atoms with van der Waals surface area (Å²) in [5, 5.41) is 0. The molecule has 7 nitrogen and oxygen atoms in total. The molecule has 0 radical (unpaired) electrons. The Balaban J connectivity index is 1.37. The van der Waals surface area contributed by atoms with Crippen LogP contribution in [0.15, 0.2) is 147 Å². The Bertz CT molecular complexity index is 1790. The van der Waals surface area contributed by atoms with E-state index in [4.69, 9.17) is 18.9 Å². The van der Waals surface area contributed by atoms with E-state index in [0.29, 0.717) is 26.1 Å². The van der Waals surface area contributed by atoms with Gasteiger partial charge in [-0.25, -0.2) is 9.59 Å². The second-order valence-corrected chi connectivity index (χ2v) is 11.4. The summed E-state index contributed by atoms with van der Waals surface area (Å²) < 4.78 is 21.9. The van der Waals surface area contributed by atoms with Crippen molar-refractivity contribution in [2.45, 2.75) is 19.8 Å². The lowest BCUT2D eigenvalue weighted by Crippen LogP contribution is -2.11. The number of hydrogen-bond acceptors (Lipinski definition) is 7. The molecule has 5 aromatic rings. The van der Waals surface area contributed by atoms with Gasteiger partial charge < -0.3 is 23.8 Å². The average molecular weight is 668 g/mol. The summed E-state index contributed by atoms with van der Waals surface area (Å²) >= 11 is 0. The van der Waals surface area contributed by atoms with Crippen LogP contribution in [0.3, 0.4) is 0 Å². The maximum absolute atomic E-state index is 11.3. The molecule has 0 aliphatic rings. The minimum Gasteiger partial charge on any atom is -0.493 e. The van der Waals surface area contributed by atoms with Crippen molar-refractivity contribution in [3.8, 4) is 33.8 Å². The van der Waals surface area contributed by atoms with Gasteiger partial charge >= 0.3 is 11.9 Å². The number of esters is 2. The van der Waals surface area contributed by atoms with Crippen molar-refractivity contribution in [3.63, 3.8) is 0 Å². The quantitative estimate of drug-likeness (QED) is 0.0555. The van der Waals surface area contributed by atoms with E-state index >= 15 is 0 Å². The molecule has 7 heteroatoms. The predicted octanol–water partition coefficient (Wildman–Crippen LogP) is 9.80. The van der Waals surface area contributed by atoms with Crippen molar-refractivity contribution < 1.29 is 28.5 Å². The molecule has 0 saturated carbocycles. The van der Waals surface area contributed by atoms with Gasteiger partial charge in [0.1, 0.15) is 11.5 Å². The van der Waals surface area contributed by atoms with Gasteiger partial charge in [-0.15, -0.1) is 0 Å². The van der Waals surface area contributed by atoms with Gasteiger partial charge in [-0.3, -0.25) is 0 Å². The van der Waals surface area contributed by atoms with Crippen LogP contribution in [0.2, 0.25) is 0 Å². The fraction of sp³-hybridized carbons (Fsp3) is 0.163. The topological polar surface area (TPSA) is 74.3 Å². The summed E-state index contributed by atoms with van der Waals surface area (Å²) in [7, 11) is 0. The normalized spacial score (nSPS) is 10.5. The van der Waals surface area contributed by atoms with Crippen LogP contribution in [0.5, 0.6) is 11.5 Å². The molecule has 0 fully saturated rings. The summed E-state index contributed by atoms with van der Waals surface area (Å²) in [5.41, 5.74) is 8.69. The van der Waals surface area contributed by atoms with Crippen LogP contribution in [-0.2, 0) is 19.1 Å². The van der Waals surface area contributed by atoms with Crippen molar-refractivity contribution in [2.24, 2.45) is 0 Å². The first kappa shape index (κ1) is 35.2. The van der Waals surface area contributed by atoms with Gasteiger partial charge in [0.2, 0.25) is 0 Å². The number of aryl methyl sites for hydroxylation is 1. The molecule has 0 amide bonds. The second kappa shape index (κ2) is 17.9. The molecule has 0 atom stereocenters. The SMILES string of the molecule is C=CC(=O)OCCCOc1ccc(N(c2ccc(OCCCOC(=O)C=C)cc2)c2ccc(C)c(-c3ccc(-c4ccccc4)cc3)c2)cc1. The Morgan fingerprint density at radius 2 is 1.02 bits per heavy atom. The molecule has 0 aliphatic heterocycles. The van der Waals surface area contributed by atoms with Gasteiger partial charge in [-0.1, -0.05) is 73.8 Å². The number of nitrogens with zero attached hydrogens (tertiary/aromatic N) is 1.